The van der Waals surface area contributed by atoms with Gasteiger partial charge in [-0.2, -0.15) is 13.2 Å². The van der Waals surface area contributed by atoms with Gasteiger partial charge in [0.2, 0.25) is 11.6 Å². The van der Waals surface area contributed by atoms with Crippen molar-refractivity contribution >= 4 is 34.6 Å². The maximum Gasteiger partial charge on any atom is 0.416 e. The van der Waals surface area contributed by atoms with Gasteiger partial charge in [-0.1, -0.05) is 11.6 Å². The summed E-state index contributed by atoms with van der Waals surface area (Å²) in [5.74, 6) is 4.44. The van der Waals surface area contributed by atoms with Crippen LogP contribution in [0.15, 0.2) is 24.5 Å². The van der Waals surface area contributed by atoms with Gasteiger partial charge in [-0.25, -0.2) is 15.8 Å². The Balaban J connectivity index is 2.50. The lowest BCUT2D eigenvalue weighted by Gasteiger charge is -2.12. The standard InChI is InChI=1S/C11H8ClF3N6O2/c12-6-2-1-5(11(13,14)15)3-7(6)19-9-8(21(22)23)10(20-16)18-4-17-9/h1-4H,16H2,(H2,17,18,19,20). The third kappa shape index (κ3) is 3.57. The minimum Gasteiger partial charge on any atom is -0.333 e. The van der Waals surface area contributed by atoms with Gasteiger partial charge in [0.1, 0.15) is 6.33 Å². The lowest BCUT2D eigenvalue weighted by atomic mass is 10.2. The first-order valence-corrected chi connectivity index (χ1v) is 6.21. The number of rotatable bonds is 4. The molecule has 0 unspecified atom stereocenters. The van der Waals surface area contributed by atoms with Crippen molar-refractivity contribution < 1.29 is 18.1 Å². The molecule has 12 heteroatoms. The number of hydrogen-bond donors (Lipinski definition) is 3. The van der Waals surface area contributed by atoms with E-state index in [2.05, 4.69) is 15.3 Å². The van der Waals surface area contributed by atoms with E-state index in [1.54, 1.807) is 0 Å². The highest BCUT2D eigenvalue weighted by Gasteiger charge is 2.31. The lowest BCUT2D eigenvalue weighted by Crippen LogP contribution is -2.13. The smallest absolute Gasteiger partial charge is 0.333 e. The molecule has 8 nitrogen and oxygen atoms in total. The van der Waals surface area contributed by atoms with Crippen molar-refractivity contribution in [2.45, 2.75) is 6.18 Å². The minimum absolute atomic E-state index is 0.0758. The average molecular weight is 349 g/mol. The van der Waals surface area contributed by atoms with Crippen molar-refractivity contribution in [3.8, 4) is 0 Å². The molecule has 0 saturated heterocycles. The number of nitrogens with one attached hydrogen (secondary N) is 2. The topological polar surface area (TPSA) is 119 Å². The van der Waals surface area contributed by atoms with E-state index in [0.29, 0.717) is 6.07 Å². The van der Waals surface area contributed by atoms with E-state index in [1.807, 2.05) is 5.43 Å². The Hall–Kier alpha value is -2.66. The van der Waals surface area contributed by atoms with Crippen LogP contribution >= 0.6 is 11.6 Å². The van der Waals surface area contributed by atoms with Crippen LogP contribution in [0.1, 0.15) is 5.56 Å². The highest BCUT2D eigenvalue weighted by Crippen LogP contribution is 2.37. The van der Waals surface area contributed by atoms with Gasteiger partial charge in [0.15, 0.2) is 0 Å². The molecule has 122 valence electrons. The van der Waals surface area contributed by atoms with E-state index in [9.17, 15) is 23.3 Å². The second kappa shape index (κ2) is 6.22. The number of nitro groups is 1. The number of nitrogens with two attached hydrogens (primary N) is 1. The molecule has 0 fully saturated rings. The van der Waals surface area contributed by atoms with Gasteiger partial charge in [0.05, 0.1) is 21.2 Å². The zero-order valence-electron chi connectivity index (χ0n) is 11.1. The van der Waals surface area contributed by atoms with Gasteiger partial charge in [0.25, 0.3) is 0 Å². The summed E-state index contributed by atoms with van der Waals surface area (Å²) in [4.78, 5) is 17.4. The van der Waals surface area contributed by atoms with Crippen LogP contribution in [-0.2, 0) is 6.18 Å². The van der Waals surface area contributed by atoms with Gasteiger partial charge in [-0.3, -0.25) is 10.1 Å². The second-order valence-electron chi connectivity index (χ2n) is 4.14. The molecule has 23 heavy (non-hydrogen) atoms. The van der Waals surface area contributed by atoms with E-state index in [-0.39, 0.29) is 22.3 Å². The maximum absolute atomic E-state index is 12.7. The van der Waals surface area contributed by atoms with E-state index in [0.717, 1.165) is 18.5 Å². The average Bonchev–Trinajstić information content (AvgIpc) is 2.47. The number of halogens is 4. The number of nitrogen functional groups attached to an aromatic ring is 1. The Morgan fingerprint density at radius 1 is 1.26 bits per heavy atom. The van der Waals surface area contributed by atoms with Gasteiger partial charge in [-0.05, 0) is 18.2 Å². The van der Waals surface area contributed by atoms with Crippen LogP contribution < -0.4 is 16.6 Å². The molecule has 4 N–H and O–H groups in total. The number of alkyl halides is 3. The van der Waals surface area contributed by atoms with Crippen LogP contribution in [0.5, 0.6) is 0 Å². The Bertz CT molecular complexity index is 755. The Morgan fingerprint density at radius 3 is 2.48 bits per heavy atom. The van der Waals surface area contributed by atoms with Gasteiger partial charge < -0.3 is 10.7 Å². The molecule has 0 bridgehead atoms. The first-order valence-electron chi connectivity index (χ1n) is 5.84. The summed E-state index contributed by atoms with van der Waals surface area (Å²) in [6.45, 7) is 0. The third-order valence-electron chi connectivity index (χ3n) is 2.69. The molecule has 0 aliphatic rings. The minimum atomic E-state index is -4.59. The third-order valence-corrected chi connectivity index (χ3v) is 3.02. The Morgan fingerprint density at radius 2 is 1.91 bits per heavy atom. The summed E-state index contributed by atoms with van der Waals surface area (Å²) >= 11 is 5.82. The van der Waals surface area contributed by atoms with Crippen molar-refractivity contribution in [3.05, 3.63) is 45.2 Å². The quantitative estimate of drug-likeness (QED) is 0.441. The highest BCUT2D eigenvalue weighted by molar-refractivity contribution is 6.33. The highest BCUT2D eigenvalue weighted by atomic mass is 35.5. The number of nitrogens with zero attached hydrogens (tertiary/aromatic N) is 3. The molecule has 1 heterocycles. The summed E-state index contributed by atoms with van der Waals surface area (Å²) in [5, 5.41) is 13.4. The normalized spacial score (nSPS) is 11.2. The van der Waals surface area contributed by atoms with Crippen LogP contribution in [0.25, 0.3) is 0 Å². The van der Waals surface area contributed by atoms with Crippen LogP contribution in [0, 0.1) is 10.1 Å². The van der Waals surface area contributed by atoms with E-state index < -0.39 is 22.4 Å². The maximum atomic E-state index is 12.7. The molecule has 2 aromatic rings. The predicted octanol–water partition coefficient (Wildman–Crippen LogP) is 3.09. The summed E-state index contributed by atoms with van der Waals surface area (Å²) in [6.07, 6.45) is -3.64. The number of hydrogen-bond acceptors (Lipinski definition) is 7. The van der Waals surface area contributed by atoms with Crippen LogP contribution in [-0.4, -0.2) is 14.9 Å². The van der Waals surface area contributed by atoms with Crippen LogP contribution in [0.4, 0.5) is 36.2 Å². The Kier molecular flexibility index (Phi) is 4.52. The summed E-state index contributed by atoms with van der Waals surface area (Å²) in [6, 6.07) is 2.51. The molecule has 0 amide bonds. The van der Waals surface area contributed by atoms with Crippen LogP contribution in [0.2, 0.25) is 5.02 Å². The fourth-order valence-electron chi connectivity index (χ4n) is 1.67. The molecule has 1 aromatic heterocycles. The van der Waals surface area contributed by atoms with Gasteiger partial charge >= 0.3 is 11.9 Å². The molecular formula is C11H8ClF3N6O2. The van der Waals surface area contributed by atoms with Crippen LogP contribution in [0.3, 0.4) is 0 Å². The molecule has 1 aromatic carbocycles. The number of benzene rings is 1. The molecule has 2 rings (SSSR count). The zero-order valence-corrected chi connectivity index (χ0v) is 11.8. The van der Waals surface area contributed by atoms with Crippen molar-refractivity contribution in [2.75, 3.05) is 10.7 Å². The van der Waals surface area contributed by atoms with Gasteiger partial charge in [0, 0.05) is 0 Å². The lowest BCUT2D eigenvalue weighted by molar-refractivity contribution is -0.383. The van der Waals surface area contributed by atoms with E-state index >= 15 is 0 Å². The summed E-state index contributed by atoms with van der Waals surface area (Å²) in [7, 11) is 0. The molecular weight excluding hydrogens is 341 g/mol. The summed E-state index contributed by atoms with van der Waals surface area (Å²) in [5.41, 5.74) is 0.196. The van der Waals surface area contributed by atoms with Crippen molar-refractivity contribution in [2.24, 2.45) is 5.84 Å². The molecule has 0 aliphatic heterocycles. The summed E-state index contributed by atoms with van der Waals surface area (Å²) < 4.78 is 38.2. The van der Waals surface area contributed by atoms with Crippen molar-refractivity contribution in [1.29, 1.82) is 0 Å². The molecule has 0 saturated carbocycles. The molecule has 0 radical (unpaired) electrons. The van der Waals surface area contributed by atoms with Crippen molar-refractivity contribution in [3.63, 3.8) is 0 Å². The number of anilines is 3. The SMILES string of the molecule is NNc1ncnc(Nc2cc(C(F)(F)F)ccc2Cl)c1[N+](=O)[O-]. The molecule has 0 aliphatic carbocycles. The zero-order chi connectivity index (χ0) is 17.2. The largest absolute Gasteiger partial charge is 0.416 e. The first kappa shape index (κ1) is 16.7. The second-order valence-corrected chi connectivity index (χ2v) is 4.55. The number of aromatic nitrogens is 2. The molecule has 0 spiro atoms. The number of hydrazine groups is 1. The van der Waals surface area contributed by atoms with Crippen molar-refractivity contribution in [1.82, 2.24) is 9.97 Å². The van der Waals surface area contributed by atoms with E-state index in [4.69, 9.17) is 17.4 Å². The predicted molar refractivity (Wildman–Crippen MR) is 76.2 cm³/mol. The first-order chi connectivity index (χ1) is 10.7. The molecule has 0 atom stereocenters. The van der Waals surface area contributed by atoms with Gasteiger partial charge in [-0.15, -0.1) is 0 Å². The van der Waals surface area contributed by atoms with E-state index in [1.165, 1.54) is 0 Å². The fraction of sp³-hybridized carbons (Fsp3) is 0.0909. The Labute approximate surface area is 131 Å². The fourth-order valence-corrected chi connectivity index (χ4v) is 1.84. The monoisotopic (exact) mass is 348 g/mol.